The van der Waals surface area contributed by atoms with Crippen LogP contribution in [0.2, 0.25) is 0 Å². The molecule has 0 saturated carbocycles. The number of anilines is 2. The zero-order valence-electron chi connectivity index (χ0n) is 11.9. The Hall–Kier alpha value is -1.26. The molecule has 1 rings (SSSR count). The van der Waals surface area contributed by atoms with Crippen molar-refractivity contribution in [1.29, 1.82) is 0 Å². The fourth-order valence-corrected chi connectivity index (χ4v) is 1.63. The number of benzene rings is 1. The van der Waals surface area contributed by atoms with Crippen LogP contribution in [0.3, 0.4) is 0 Å². The van der Waals surface area contributed by atoms with E-state index >= 15 is 0 Å². The van der Waals surface area contributed by atoms with Crippen LogP contribution in [-0.4, -0.2) is 59.4 Å². The number of hydrogen-bond acceptors (Lipinski definition) is 4. The van der Waals surface area contributed by atoms with Gasteiger partial charge in [-0.1, -0.05) is 6.07 Å². The largest absolute Gasteiger partial charge is 0.383 e. The summed E-state index contributed by atoms with van der Waals surface area (Å²) in [6.07, 6.45) is 0. The van der Waals surface area contributed by atoms with Gasteiger partial charge < -0.3 is 19.9 Å². The van der Waals surface area contributed by atoms with E-state index in [0.29, 0.717) is 0 Å². The molecule has 0 radical (unpaired) electrons. The van der Waals surface area contributed by atoms with Gasteiger partial charge in [0, 0.05) is 45.2 Å². The number of nitrogens with one attached hydrogen (secondary N) is 1. The quantitative estimate of drug-likeness (QED) is 0.712. The van der Waals surface area contributed by atoms with Gasteiger partial charge in [-0.2, -0.15) is 0 Å². The molecule has 0 amide bonds. The molecule has 0 aliphatic rings. The average Bonchev–Trinajstić information content (AvgIpc) is 2.36. The number of rotatable bonds is 8. The van der Waals surface area contributed by atoms with Crippen LogP contribution in [0, 0.1) is 0 Å². The van der Waals surface area contributed by atoms with E-state index in [-0.39, 0.29) is 0 Å². The summed E-state index contributed by atoms with van der Waals surface area (Å²) in [7, 11) is 8.03. The van der Waals surface area contributed by atoms with Gasteiger partial charge in [-0.15, -0.1) is 0 Å². The highest BCUT2D eigenvalue weighted by molar-refractivity contribution is 5.57. The van der Waals surface area contributed by atoms with Gasteiger partial charge >= 0.3 is 0 Å². The second-order valence-electron chi connectivity index (χ2n) is 4.69. The number of ether oxygens (including phenoxy) is 1. The summed E-state index contributed by atoms with van der Waals surface area (Å²) in [5.41, 5.74) is 2.38. The normalized spacial score (nSPS) is 10.7. The third kappa shape index (κ3) is 5.38. The molecule has 0 bridgehead atoms. The van der Waals surface area contributed by atoms with Crippen LogP contribution >= 0.6 is 0 Å². The van der Waals surface area contributed by atoms with Crippen LogP contribution in [0.15, 0.2) is 24.3 Å². The lowest BCUT2D eigenvalue weighted by molar-refractivity contribution is 0.211. The molecule has 1 N–H and O–H groups in total. The number of methoxy groups -OCH3 is 1. The van der Waals surface area contributed by atoms with Crippen molar-refractivity contribution in [2.75, 3.05) is 64.7 Å². The van der Waals surface area contributed by atoms with Crippen molar-refractivity contribution in [3.05, 3.63) is 24.3 Å². The molecule has 0 spiro atoms. The third-order valence-corrected chi connectivity index (χ3v) is 2.80. The molecule has 18 heavy (non-hydrogen) atoms. The molecule has 0 aliphatic carbocycles. The summed E-state index contributed by atoms with van der Waals surface area (Å²) in [6, 6.07) is 8.47. The molecule has 0 heterocycles. The second kappa shape index (κ2) is 7.95. The maximum absolute atomic E-state index is 5.03. The summed E-state index contributed by atoms with van der Waals surface area (Å²) in [4.78, 5) is 4.46. The van der Waals surface area contributed by atoms with Crippen molar-refractivity contribution in [2.24, 2.45) is 0 Å². The Morgan fingerprint density at radius 2 is 1.94 bits per heavy atom. The lowest BCUT2D eigenvalue weighted by Gasteiger charge is -2.22. The molecule has 4 nitrogen and oxygen atoms in total. The van der Waals surface area contributed by atoms with Crippen molar-refractivity contribution in [2.45, 2.75) is 0 Å². The van der Waals surface area contributed by atoms with Crippen molar-refractivity contribution >= 4 is 11.4 Å². The standard InChI is InChI=1S/C14H25N3O/c1-16(2)9-10-17(3)14-7-5-6-13(12-14)15-8-11-18-4/h5-7,12,15H,8-11H2,1-4H3. The SMILES string of the molecule is COCCNc1cccc(N(C)CCN(C)C)c1. The van der Waals surface area contributed by atoms with Gasteiger partial charge in [-0.25, -0.2) is 0 Å². The van der Waals surface area contributed by atoms with Gasteiger partial charge in [0.25, 0.3) is 0 Å². The average molecular weight is 251 g/mol. The molecule has 0 aliphatic heterocycles. The summed E-state index contributed by atoms with van der Waals surface area (Å²) < 4.78 is 5.03. The van der Waals surface area contributed by atoms with E-state index in [1.807, 2.05) is 0 Å². The van der Waals surface area contributed by atoms with Gasteiger partial charge in [0.1, 0.15) is 0 Å². The zero-order valence-corrected chi connectivity index (χ0v) is 11.9. The highest BCUT2D eigenvalue weighted by atomic mass is 16.5. The van der Waals surface area contributed by atoms with Gasteiger partial charge in [0.05, 0.1) is 6.61 Å². The van der Waals surface area contributed by atoms with E-state index in [9.17, 15) is 0 Å². The lowest BCUT2D eigenvalue weighted by Crippen LogP contribution is -2.28. The first-order chi connectivity index (χ1) is 8.63. The van der Waals surface area contributed by atoms with E-state index in [4.69, 9.17) is 4.74 Å². The Morgan fingerprint density at radius 1 is 1.17 bits per heavy atom. The van der Waals surface area contributed by atoms with E-state index in [1.54, 1.807) is 7.11 Å². The van der Waals surface area contributed by atoms with E-state index in [1.165, 1.54) is 5.69 Å². The minimum Gasteiger partial charge on any atom is -0.383 e. The van der Waals surface area contributed by atoms with Crippen LogP contribution in [0.4, 0.5) is 11.4 Å². The van der Waals surface area contributed by atoms with Crippen LogP contribution in [0.25, 0.3) is 0 Å². The van der Waals surface area contributed by atoms with Gasteiger partial charge in [-0.05, 0) is 32.3 Å². The summed E-state index contributed by atoms with van der Waals surface area (Å²) >= 11 is 0. The summed E-state index contributed by atoms with van der Waals surface area (Å²) in [5.74, 6) is 0. The first kappa shape index (κ1) is 14.8. The Labute approximate surface area is 111 Å². The smallest absolute Gasteiger partial charge is 0.0635 e. The molecule has 102 valence electrons. The second-order valence-corrected chi connectivity index (χ2v) is 4.69. The Kier molecular flexibility index (Phi) is 6.54. The molecular weight excluding hydrogens is 226 g/mol. The van der Waals surface area contributed by atoms with Gasteiger partial charge in [0.15, 0.2) is 0 Å². The Bertz CT molecular complexity index is 342. The minimum absolute atomic E-state index is 0.723. The van der Waals surface area contributed by atoms with Crippen LogP contribution in [0.1, 0.15) is 0 Å². The summed E-state index contributed by atoms with van der Waals surface area (Å²) in [5, 5.41) is 3.34. The van der Waals surface area contributed by atoms with Crippen molar-refractivity contribution < 1.29 is 4.74 Å². The highest BCUT2D eigenvalue weighted by Gasteiger charge is 2.02. The zero-order chi connectivity index (χ0) is 13.4. The molecule has 0 saturated heterocycles. The van der Waals surface area contributed by atoms with Crippen LogP contribution in [0.5, 0.6) is 0 Å². The highest BCUT2D eigenvalue weighted by Crippen LogP contribution is 2.17. The molecule has 0 aromatic heterocycles. The Morgan fingerprint density at radius 3 is 2.61 bits per heavy atom. The summed E-state index contributed by atoms with van der Waals surface area (Å²) in [6.45, 7) is 3.63. The van der Waals surface area contributed by atoms with Crippen LogP contribution < -0.4 is 10.2 Å². The third-order valence-electron chi connectivity index (χ3n) is 2.80. The van der Waals surface area contributed by atoms with E-state index < -0.39 is 0 Å². The molecule has 1 aromatic carbocycles. The molecule has 4 heteroatoms. The topological polar surface area (TPSA) is 27.7 Å². The first-order valence-corrected chi connectivity index (χ1v) is 6.32. The van der Waals surface area contributed by atoms with Crippen molar-refractivity contribution in [3.8, 4) is 0 Å². The fraction of sp³-hybridized carbons (Fsp3) is 0.571. The van der Waals surface area contributed by atoms with E-state index in [2.05, 4.69) is 60.5 Å². The number of nitrogens with zero attached hydrogens (tertiary/aromatic N) is 2. The molecule has 0 atom stereocenters. The maximum atomic E-state index is 5.03. The van der Waals surface area contributed by atoms with Gasteiger partial charge in [0.2, 0.25) is 0 Å². The number of likely N-dealkylation sites (N-methyl/N-ethyl adjacent to an activating group) is 2. The van der Waals surface area contributed by atoms with Crippen molar-refractivity contribution in [3.63, 3.8) is 0 Å². The number of hydrogen-bond donors (Lipinski definition) is 1. The molecule has 0 fully saturated rings. The fourth-order valence-electron chi connectivity index (χ4n) is 1.63. The predicted molar refractivity (Wildman–Crippen MR) is 78.6 cm³/mol. The van der Waals surface area contributed by atoms with Gasteiger partial charge in [-0.3, -0.25) is 0 Å². The van der Waals surface area contributed by atoms with Crippen molar-refractivity contribution in [1.82, 2.24) is 4.90 Å². The molecule has 0 unspecified atom stereocenters. The monoisotopic (exact) mass is 251 g/mol. The Balaban J connectivity index is 2.52. The minimum atomic E-state index is 0.723. The van der Waals surface area contributed by atoms with E-state index in [0.717, 1.165) is 31.9 Å². The first-order valence-electron chi connectivity index (χ1n) is 6.32. The predicted octanol–water partition coefficient (Wildman–Crippen LogP) is 1.74. The lowest BCUT2D eigenvalue weighted by atomic mass is 10.2. The molecular formula is C14H25N3O. The van der Waals surface area contributed by atoms with Crippen LogP contribution in [-0.2, 0) is 4.74 Å². The molecule has 1 aromatic rings. The maximum Gasteiger partial charge on any atom is 0.0635 e.